The Morgan fingerprint density at radius 1 is 1.05 bits per heavy atom. The normalized spacial score (nSPS) is 10.1. The average molecular weight is 289 g/mol. The van der Waals surface area contributed by atoms with Gasteiger partial charge in [-0.3, -0.25) is 4.79 Å². The Balaban J connectivity index is 2.30. The van der Waals surface area contributed by atoms with Crippen LogP contribution in [-0.2, 0) is 0 Å². The number of methoxy groups -OCH3 is 2. The highest BCUT2D eigenvalue weighted by Crippen LogP contribution is 2.31. The lowest BCUT2D eigenvalue weighted by Gasteiger charge is -2.14. The molecule has 4 nitrogen and oxygen atoms in total. The summed E-state index contributed by atoms with van der Waals surface area (Å²) in [6.07, 6.45) is 0. The molecule has 1 amide bonds. The van der Waals surface area contributed by atoms with E-state index in [4.69, 9.17) is 9.47 Å². The van der Waals surface area contributed by atoms with Crippen molar-refractivity contribution in [2.75, 3.05) is 19.5 Å². The van der Waals surface area contributed by atoms with Crippen LogP contribution in [0.15, 0.2) is 36.4 Å². The van der Waals surface area contributed by atoms with Crippen molar-refractivity contribution in [2.24, 2.45) is 0 Å². The van der Waals surface area contributed by atoms with Crippen molar-refractivity contribution < 1.29 is 18.7 Å². The van der Waals surface area contributed by atoms with E-state index in [-0.39, 0.29) is 11.7 Å². The van der Waals surface area contributed by atoms with Crippen molar-refractivity contribution in [1.29, 1.82) is 0 Å². The van der Waals surface area contributed by atoms with E-state index in [0.717, 1.165) is 5.56 Å². The van der Waals surface area contributed by atoms with Crippen molar-refractivity contribution in [1.82, 2.24) is 0 Å². The van der Waals surface area contributed by atoms with Gasteiger partial charge in [-0.25, -0.2) is 4.39 Å². The van der Waals surface area contributed by atoms with Gasteiger partial charge >= 0.3 is 0 Å². The molecule has 0 saturated heterocycles. The van der Waals surface area contributed by atoms with Crippen LogP contribution in [0.5, 0.6) is 11.5 Å². The van der Waals surface area contributed by atoms with Crippen LogP contribution in [0.1, 0.15) is 15.9 Å². The number of amides is 1. The number of rotatable bonds is 4. The van der Waals surface area contributed by atoms with Crippen molar-refractivity contribution >= 4 is 11.6 Å². The van der Waals surface area contributed by atoms with Gasteiger partial charge < -0.3 is 14.8 Å². The van der Waals surface area contributed by atoms with E-state index in [1.165, 1.54) is 31.4 Å². The standard InChI is InChI=1S/C16H16FNO3/c1-10-14(20-2)9-8-13(15(10)21-3)16(19)18-12-6-4-11(17)5-7-12/h4-9H,1-3H3,(H,18,19). The van der Waals surface area contributed by atoms with Crippen LogP contribution >= 0.6 is 0 Å². The molecular weight excluding hydrogens is 273 g/mol. The molecule has 110 valence electrons. The van der Waals surface area contributed by atoms with Gasteiger partial charge in [0.05, 0.1) is 19.8 Å². The van der Waals surface area contributed by atoms with Crippen LogP contribution in [-0.4, -0.2) is 20.1 Å². The maximum absolute atomic E-state index is 12.9. The van der Waals surface area contributed by atoms with Crippen molar-refractivity contribution in [2.45, 2.75) is 6.92 Å². The van der Waals surface area contributed by atoms with Crippen LogP contribution in [0.4, 0.5) is 10.1 Å². The number of nitrogens with one attached hydrogen (secondary N) is 1. The first-order valence-electron chi connectivity index (χ1n) is 6.35. The van der Waals surface area contributed by atoms with Gasteiger partial charge in [0.25, 0.3) is 5.91 Å². The number of halogens is 1. The minimum atomic E-state index is -0.356. The molecule has 0 aliphatic rings. The van der Waals surface area contributed by atoms with Gasteiger partial charge in [-0.05, 0) is 43.3 Å². The summed E-state index contributed by atoms with van der Waals surface area (Å²) < 4.78 is 23.4. The van der Waals surface area contributed by atoms with Crippen LogP contribution in [0.25, 0.3) is 0 Å². The number of hydrogen-bond acceptors (Lipinski definition) is 3. The zero-order valence-electron chi connectivity index (χ0n) is 12.1. The number of hydrogen-bond donors (Lipinski definition) is 1. The van der Waals surface area contributed by atoms with E-state index in [0.29, 0.717) is 22.7 Å². The second kappa shape index (κ2) is 6.26. The highest BCUT2D eigenvalue weighted by atomic mass is 19.1. The Labute approximate surface area is 122 Å². The summed E-state index contributed by atoms with van der Waals surface area (Å²) in [5.41, 5.74) is 1.64. The molecule has 5 heteroatoms. The Bertz CT molecular complexity index is 653. The second-order valence-electron chi connectivity index (χ2n) is 4.43. The summed E-state index contributed by atoms with van der Waals surface area (Å²) in [7, 11) is 3.05. The summed E-state index contributed by atoms with van der Waals surface area (Å²) in [4.78, 5) is 12.3. The molecule has 2 aromatic carbocycles. The zero-order valence-corrected chi connectivity index (χ0v) is 12.1. The van der Waals surface area contributed by atoms with Crippen LogP contribution in [0.3, 0.4) is 0 Å². The predicted molar refractivity (Wildman–Crippen MR) is 78.6 cm³/mol. The van der Waals surface area contributed by atoms with Crippen LogP contribution in [0.2, 0.25) is 0 Å². The Morgan fingerprint density at radius 2 is 1.71 bits per heavy atom. The van der Waals surface area contributed by atoms with Crippen LogP contribution < -0.4 is 14.8 Å². The average Bonchev–Trinajstić information content (AvgIpc) is 2.49. The summed E-state index contributed by atoms with van der Waals surface area (Å²) in [5, 5.41) is 2.70. The van der Waals surface area contributed by atoms with E-state index < -0.39 is 0 Å². The lowest BCUT2D eigenvalue weighted by atomic mass is 10.1. The van der Waals surface area contributed by atoms with Gasteiger partial charge in [-0.15, -0.1) is 0 Å². The van der Waals surface area contributed by atoms with Crippen molar-refractivity contribution in [3.8, 4) is 11.5 Å². The van der Waals surface area contributed by atoms with Gasteiger partial charge in [0.2, 0.25) is 0 Å². The first-order chi connectivity index (χ1) is 10.1. The van der Waals surface area contributed by atoms with Gasteiger partial charge in [0, 0.05) is 11.3 Å². The van der Waals surface area contributed by atoms with Gasteiger partial charge in [0.15, 0.2) is 0 Å². The summed E-state index contributed by atoms with van der Waals surface area (Å²) in [6, 6.07) is 8.89. The quantitative estimate of drug-likeness (QED) is 0.938. The van der Waals surface area contributed by atoms with E-state index in [1.54, 1.807) is 19.2 Å². The predicted octanol–water partition coefficient (Wildman–Crippen LogP) is 3.40. The molecule has 1 N–H and O–H groups in total. The maximum atomic E-state index is 12.9. The molecule has 0 aliphatic heterocycles. The SMILES string of the molecule is COc1ccc(C(=O)Nc2ccc(F)cc2)c(OC)c1C. The number of carbonyl (C=O) groups excluding carboxylic acids is 1. The van der Waals surface area contributed by atoms with Gasteiger partial charge in [-0.2, -0.15) is 0 Å². The largest absolute Gasteiger partial charge is 0.496 e. The minimum absolute atomic E-state index is 0.329. The van der Waals surface area contributed by atoms with Gasteiger partial charge in [0.1, 0.15) is 17.3 Å². The molecule has 0 bridgehead atoms. The highest BCUT2D eigenvalue weighted by Gasteiger charge is 2.17. The third-order valence-electron chi connectivity index (χ3n) is 3.13. The molecule has 2 aromatic rings. The third-order valence-corrected chi connectivity index (χ3v) is 3.13. The lowest BCUT2D eigenvalue weighted by molar-refractivity contribution is 0.102. The number of ether oxygens (including phenoxy) is 2. The molecule has 0 aromatic heterocycles. The fourth-order valence-corrected chi connectivity index (χ4v) is 2.07. The maximum Gasteiger partial charge on any atom is 0.259 e. The van der Waals surface area contributed by atoms with E-state index in [1.807, 2.05) is 6.92 Å². The number of benzene rings is 2. The van der Waals surface area contributed by atoms with E-state index in [9.17, 15) is 9.18 Å². The van der Waals surface area contributed by atoms with Crippen molar-refractivity contribution in [3.63, 3.8) is 0 Å². The highest BCUT2D eigenvalue weighted by molar-refractivity contribution is 6.06. The lowest BCUT2D eigenvalue weighted by Crippen LogP contribution is -2.14. The molecule has 0 radical (unpaired) electrons. The first-order valence-corrected chi connectivity index (χ1v) is 6.35. The third kappa shape index (κ3) is 3.13. The smallest absolute Gasteiger partial charge is 0.259 e. The minimum Gasteiger partial charge on any atom is -0.496 e. The molecule has 0 aliphatic carbocycles. The number of anilines is 1. The van der Waals surface area contributed by atoms with E-state index in [2.05, 4.69) is 5.32 Å². The molecule has 0 saturated carbocycles. The second-order valence-corrected chi connectivity index (χ2v) is 4.43. The summed E-state index contributed by atoms with van der Waals surface area (Å²) >= 11 is 0. The Morgan fingerprint density at radius 3 is 2.29 bits per heavy atom. The Hall–Kier alpha value is -2.56. The molecule has 21 heavy (non-hydrogen) atoms. The summed E-state index contributed by atoms with van der Waals surface area (Å²) in [5.74, 6) is 0.411. The molecular formula is C16H16FNO3. The topological polar surface area (TPSA) is 47.6 Å². The fourth-order valence-electron chi connectivity index (χ4n) is 2.07. The summed E-state index contributed by atoms with van der Waals surface area (Å²) in [6.45, 7) is 1.81. The van der Waals surface area contributed by atoms with Crippen molar-refractivity contribution in [3.05, 3.63) is 53.3 Å². The monoisotopic (exact) mass is 289 g/mol. The Kier molecular flexibility index (Phi) is 4.42. The molecule has 0 fully saturated rings. The molecule has 0 heterocycles. The molecule has 0 atom stereocenters. The van der Waals surface area contributed by atoms with E-state index >= 15 is 0 Å². The number of carbonyl (C=O) groups is 1. The first kappa shape index (κ1) is 14.8. The molecule has 0 spiro atoms. The van der Waals surface area contributed by atoms with Gasteiger partial charge in [-0.1, -0.05) is 0 Å². The van der Waals surface area contributed by atoms with Crippen LogP contribution in [0, 0.1) is 12.7 Å². The fraction of sp³-hybridized carbons (Fsp3) is 0.188. The zero-order chi connectivity index (χ0) is 15.4. The molecule has 0 unspecified atom stereocenters. The molecule has 2 rings (SSSR count).